The second-order valence-corrected chi connectivity index (χ2v) is 5.19. The van der Waals surface area contributed by atoms with Crippen molar-refractivity contribution in [2.45, 2.75) is 24.8 Å². The lowest BCUT2D eigenvalue weighted by Gasteiger charge is -2.49. The summed E-state index contributed by atoms with van der Waals surface area (Å²) in [5.74, 6) is 0.840. The van der Waals surface area contributed by atoms with Crippen LogP contribution in [0.2, 0.25) is 0 Å². The SMILES string of the molecule is CN(C/C=C/CS)CC1(N(C)C)CCC1. The van der Waals surface area contributed by atoms with E-state index in [1.165, 1.54) is 25.8 Å². The van der Waals surface area contributed by atoms with E-state index < -0.39 is 0 Å². The standard InChI is InChI=1S/C12H24N2S/c1-13(2)12(7-6-8-12)11-14(3)9-4-5-10-15/h4-5,15H,6-11H2,1-3H3/b5-4+. The van der Waals surface area contributed by atoms with Crippen molar-refractivity contribution in [1.29, 1.82) is 0 Å². The van der Waals surface area contributed by atoms with E-state index in [-0.39, 0.29) is 0 Å². The van der Waals surface area contributed by atoms with Crippen LogP contribution in [0.25, 0.3) is 0 Å². The molecular weight excluding hydrogens is 204 g/mol. The molecule has 15 heavy (non-hydrogen) atoms. The van der Waals surface area contributed by atoms with E-state index in [9.17, 15) is 0 Å². The number of hydrogen-bond donors (Lipinski definition) is 1. The summed E-state index contributed by atoms with van der Waals surface area (Å²) in [5, 5.41) is 0. The van der Waals surface area contributed by atoms with E-state index >= 15 is 0 Å². The van der Waals surface area contributed by atoms with Crippen molar-refractivity contribution in [2.24, 2.45) is 0 Å². The maximum absolute atomic E-state index is 4.16. The maximum Gasteiger partial charge on any atom is 0.0330 e. The van der Waals surface area contributed by atoms with Crippen molar-refractivity contribution >= 4 is 12.6 Å². The van der Waals surface area contributed by atoms with Crippen LogP contribution in [0.1, 0.15) is 19.3 Å². The fourth-order valence-electron chi connectivity index (χ4n) is 2.23. The molecule has 3 heteroatoms. The van der Waals surface area contributed by atoms with Crippen LogP contribution in [0.3, 0.4) is 0 Å². The van der Waals surface area contributed by atoms with Crippen LogP contribution in [-0.2, 0) is 0 Å². The number of thiol groups is 1. The summed E-state index contributed by atoms with van der Waals surface area (Å²) in [5.41, 5.74) is 0.448. The molecule has 1 aliphatic carbocycles. The van der Waals surface area contributed by atoms with E-state index in [1.54, 1.807) is 0 Å². The zero-order chi connectivity index (χ0) is 11.3. The molecule has 0 bridgehead atoms. The Balaban J connectivity index is 2.35. The highest BCUT2D eigenvalue weighted by Crippen LogP contribution is 2.36. The van der Waals surface area contributed by atoms with Gasteiger partial charge in [0.2, 0.25) is 0 Å². The van der Waals surface area contributed by atoms with Crippen LogP contribution in [0, 0.1) is 0 Å². The zero-order valence-corrected chi connectivity index (χ0v) is 11.1. The van der Waals surface area contributed by atoms with Gasteiger partial charge in [0.25, 0.3) is 0 Å². The van der Waals surface area contributed by atoms with E-state index in [1.807, 2.05) is 0 Å². The Kier molecular flexibility index (Phi) is 5.16. The van der Waals surface area contributed by atoms with Gasteiger partial charge in [-0.2, -0.15) is 12.6 Å². The van der Waals surface area contributed by atoms with Gasteiger partial charge < -0.3 is 9.80 Å². The third kappa shape index (κ3) is 3.51. The van der Waals surface area contributed by atoms with Gasteiger partial charge in [-0.3, -0.25) is 0 Å². The summed E-state index contributed by atoms with van der Waals surface area (Å²) in [6, 6.07) is 0. The van der Waals surface area contributed by atoms with Gasteiger partial charge in [0.1, 0.15) is 0 Å². The molecule has 1 saturated carbocycles. The molecule has 0 heterocycles. The molecule has 0 saturated heterocycles. The van der Waals surface area contributed by atoms with Crippen molar-refractivity contribution in [2.75, 3.05) is 40.0 Å². The molecule has 0 radical (unpaired) electrons. The summed E-state index contributed by atoms with van der Waals surface area (Å²) >= 11 is 4.16. The summed E-state index contributed by atoms with van der Waals surface area (Å²) < 4.78 is 0. The minimum atomic E-state index is 0.448. The largest absolute Gasteiger partial charge is 0.302 e. The number of nitrogens with zero attached hydrogens (tertiary/aromatic N) is 2. The normalized spacial score (nSPS) is 20.1. The van der Waals surface area contributed by atoms with E-state index in [2.05, 4.69) is 55.7 Å². The summed E-state index contributed by atoms with van der Waals surface area (Å²) in [7, 11) is 6.61. The van der Waals surface area contributed by atoms with Gasteiger partial charge in [0, 0.05) is 24.4 Å². The first kappa shape index (κ1) is 13.1. The van der Waals surface area contributed by atoms with Gasteiger partial charge in [0.05, 0.1) is 0 Å². The molecule has 88 valence electrons. The molecule has 1 rings (SSSR count). The molecule has 0 aromatic heterocycles. The second kappa shape index (κ2) is 5.92. The van der Waals surface area contributed by atoms with Gasteiger partial charge in [-0.25, -0.2) is 0 Å². The Morgan fingerprint density at radius 1 is 1.20 bits per heavy atom. The highest BCUT2D eigenvalue weighted by Gasteiger charge is 2.39. The third-order valence-electron chi connectivity index (χ3n) is 3.49. The topological polar surface area (TPSA) is 6.48 Å². The van der Waals surface area contributed by atoms with Gasteiger partial charge in [-0.1, -0.05) is 12.2 Å². The Labute approximate surface area is 99.7 Å². The molecule has 0 atom stereocenters. The van der Waals surface area contributed by atoms with Crippen LogP contribution < -0.4 is 0 Å². The van der Waals surface area contributed by atoms with Crippen LogP contribution in [0.5, 0.6) is 0 Å². The monoisotopic (exact) mass is 228 g/mol. The average Bonchev–Trinajstić information content (AvgIpc) is 2.11. The van der Waals surface area contributed by atoms with Gasteiger partial charge in [0.15, 0.2) is 0 Å². The lowest BCUT2D eigenvalue weighted by Crippen LogP contribution is -2.56. The molecule has 0 aromatic rings. The quantitative estimate of drug-likeness (QED) is 0.548. The molecule has 0 N–H and O–H groups in total. The lowest BCUT2D eigenvalue weighted by molar-refractivity contribution is 0.0308. The van der Waals surface area contributed by atoms with Crippen LogP contribution >= 0.6 is 12.6 Å². The summed E-state index contributed by atoms with van der Waals surface area (Å²) in [6.45, 7) is 2.22. The molecule has 2 nitrogen and oxygen atoms in total. The van der Waals surface area contributed by atoms with Gasteiger partial charge >= 0.3 is 0 Å². The first-order chi connectivity index (χ1) is 7.10. The highest BCUT2D eigenvalue weighted by atomic mass is 32.1. The highest BCUT2D eigenvalue weighted by molar-refractivity contribution is 7.80. The van der Waals surface area contributed by atoms with Crippen molar-refractivity contribution in [1.82, 2.24) is 9.80 Å². The lowest BCUT2D eigenvalue weighted by atomic mass is 9.75. The Bertz CT molecular complexity index is 210. The first-order valence-corrected chi connectivity index (χ1v) is 6.36. The molecule has 0 aliphatic heterocycles. The van der Waals surface area contributed by atoms with Crippen molar-refractivity contribution in [3.63, 3.8) is 0 Å². The fourth-order valence-corrected chi connectivity index (χ4v) is 2.38. The molecule has 0 spiro atoms. The minimum Gasteiger partial charge on any atom is -0.302 e. The van der Waals surface area contributed by atoms with E-state index in [0.29, 0.717) is 5.54 Å². The predicted octanol–water partition coefficient (Wildman–Crippen LogP) is 1.89. The molecule has 0 aromatic carbocycles. The predicted molar refractivity (Wildman–Crippen MR) is 70.8 cm³/mol. The molecular formula is C12H24N2S. The fraction of sp³-hybridized carbons (Fsp3) is 0.833. The first-order valence-electron chi connectivity index (χ1n) is 5.72. The maximum atomic E-state index is 4.16. The number of hydrogen-bond acceptors (Lipinski definition) is 3. The molecule has 0 amide bonds. The van der Waals surface area contributed by atoms with Crippen molar-refractivity contribution in [3.8, 4) is 0 Å². The molecule has 1 aliphatic rings. The number of rotatable bonds is 6. The van der Waals surface area contributed by atoms with Crippen LogP contribution in [0.4, 0.5) is 0 Å². The Hall–Kier alpha value is 0.01000. The van der Waals surface area contributed by atoms with E-state index in [4.69, 9.17) is 0 Å². The van der Waals surface area contributed by atoms with Gasteiger partial charge in [-0.15, -0.1) is 0 Å². The smallest absolute Gasteiger partial charge is 0.0330 e. The number of likely N-dealkylation sites (N-methyl/N-ethyl adjacent to an activating group) is 2. The zero-order valence-electron chi connectivity index (χ0n) is 10.2. The Morgan fingerprint density at radius 2 is 1.87 bits per heavy atom. The van der Waals surface area contributed by atoms with Crippen LogP contribution in [-0.4, -0.2) is 55.3 Å². The third-order valence-corrected chi connectivity index (χ3v) is 3.70. The summed E-state index contributed by atoms with van der Waals surface area (Å²) in [4.78, 5) is 4.80. The van der Waals surface area contributed by atoms with E-state index in [0.717, 1.165) is 12.3 Å². The van der Waals surface area contributed by atoms with Crippen molar-refractivity contribution < 1.29 is 0 Å². The molecule has 0 unspecified atom stereocenters. The van der Waals surface area contributed by atoms with Crippen LogP contribution in [0.15, 0.2) is 12.2 Å². The van der Waals surface area contributed by atoms with Crippen molar-refractivity contribution in [3.05, 3.63) is 12.2 Å². The second-order valence-electron chi connectivity index (χ2n) is 4.82. The summed E-state index contributed by atoms with van der Waals surface area (Å²) in [6.07, 6.45) is 8.40. The average molecular weight is 228 g/mol. The molecule has 1 fully saturated rings. The van der Waals surface area contributed by atoms with Gasteiger partial charge in [-0.05, 0) is 40.4 Å². The minimum absolute atomic E-state index is 0.448. The Morgan fingerprint density at radius 3 is 2.27 bits per heavy atom.